The first-order valence-electron chi connectivity index (χ1n) is 18.7. The molecule has 4 bridgehead atoms. The van der Waals surface area contributed by atoms with Crippen molar-refractivity contribution < 1.29 is 19.4 Å². The molecule has 1 saturated heterocycles. The van der Waals surface area contributed by atoms with Gasteiger partial charge in [-0.25, -0.2) is 9.78 Å². The fourth-order valence-electron chi connectivity index (χ4n) is 9.52. The molecule has 9 heteroatoms. The first-order valence-corrected chi connectivity index (χ1v) is 20.5. The second kappa shape index (κ2) is 14.6. The number of carbonyl (C=O) groups is 1. The molecule has 4 aliphatic carbocycles. The third-order valence-corrected chi connectivity index (χ3v) is 13.9. The first-order chi connectivity index (χ1) is 25.5. The van der Waals surface area contributed by atoms with Gasteiger partial charge in [0.1, 0.15) is 0 Å². The van der Waals surface area contributed by atoms with Crippen LogP contribution in [0.15, 0.2) is 101 Å². The first kappa shape index (κ1) is 34.1. The summed E-state index contributed by atoms with van der Waals surface area (Å²) in [5.41, 5.74) is 7.24. The highest BCUT2D eigenvalue weighted by Gasteiger charge is 2.51. The number of aliphatic hydroxyl groups excluding tert-OH is 1. The number of thiazole rings is 1. The van der Waals surface area contributed by atoms with E-state index >= 15 is 0 Å². The third-order valence-electron chi connectivity index (χ3n) is 11.6. The molecule has 2 heterocycles. The summed E-state index contributed by atoms with van der Waals surface area (Å²) in [6.45, 7) is 0.507. The van der Waals surface area contributed by atoms with Gasteiger partial charge in [0.15, 0.2) is 10.6 Å². The van der Waals surface area contributed by atoms with Gasteiger partial charge < -0.3 is 25.2 Å². The number of benzene rings is 4. The highest BCUT2D eigenvalue weighted by atomic mass is 32.2. The van der Waals surface area contributed by atoms with E-state index in [0.717, 1.165) is 92.4 Å². The Hall–Kier alpha value is -3.73. The molecule has 0 radical (unpaired) electrons. The SMILES string of the molecule is O=C(NCc1cccc(-c2ccc(C3OC(CSc4nc5ccccc5s4)CC(c4ccc(CO)cc4)O3)cc2)c1)NC12CC3CC(CC(C3)C1)C2. The van der Waals surface area contributed by atoms with Crippen LogP contribution in [-0.2, 0) is 22.6 Å². The average Bonchev–Trinajstić information content (AvgIpc) is 3.59. The van der Waals surface area contributed by atoms with Crippen molar-refractivity contribution in [3.8, 4) is 11.1 Å². The van der Waals surface area contributed by atoms with Crippen LogP contribution < -0.4 is 10.6 Å². The molecule has 52 heavy (non-hydrogen) atoms. The average molecular weight is 732 g/mol. The van der Waals surface area contributed by atoms with Gasteiger partial charge in [0, 0.05) is 29.8 Å². The van der Waals surface area contributed by atoms with Crippen LogP contribution in [0.5, 0.6) is 0 Å². The molecule has 0 spiro atoms. The van der Waals surface area contributed by atoms with E-state index in [9.17, 15) is 9.90 Å². The Morgan fingerprint density at radius 3 is 2.27 bits per heavy atom. The number of amides is 2. The lowest BCUT2D eigenvalue weighted by atomic mass is 9.53. The summed E-state index contributed by atoms with van der Waals surface area (Å²) in [5, 5.41) is 16.2. The molecule has 5 aromatic rings. The van der Waals surface area contributed by atoms with E-state index in [1.54, 1.807) is 23.1 Å². The Labute approximate surface area is 313 Å². The number of para-hydroxylation sites is 1. The topological polar surface area (TPSA) is 92.7 Å². The van der Waals surface area contributed by atoms with E-state index in [1.807, 2.05) is 30.3 Å². The molecule has 10 rings (SSSR count). The van der Waals surface area contributed by atoms with Gasteiger partial charge in [0.2, 0.25) is 0 Å². The number of nitrogens with zero attached hydrogens (tertiary/aromatic N) is 1. The summed E-state index contributed by atoms with van der Waals surface area (Å²) in [6, 6.07) is 33.1. The van der Waals surface area contributed by atoms with Crippen molar-refractivity contribution >= 4 is 39.3 Å². The van der Waals surface area contributed by atoms with Gasteiger partial charge in [-0.05, 0) is 102 Å². The van der Waals surface area contributed by atoms with E-state index in [2.05, 4.69) is 77.4 Å². The summed E-state index contributed by atoms with van der Waals surface area (Å²) in [4.78, 5) is 17.9. The molecule has 4 aromatic carbocycles. The molecule has 5 aliphatic rings. The second-order valence-corrected chi connectivity index (χ2v) is 17.7. The minimum Gasteiger partial charge on any atom is -0.392 e. The van der Waals surface area contributed by atoms with Crippen molar-refractivity contribution in [1.29, 1.82) is 0 Å². The fourth-order valence-corrected chi connectivity index (χ4v) is 11.6. The van der Waals surface area contributed by atoms with Gasteiger partial charge >= 0.3 is 6.03 Å². The quantitative estimate of drug-likeness (QED) is 0.124. The number of fused-ring (bicyclic) bond motifs is 1. The minimum absolute atomic E-state index is 0.00795. The fraction of sp³-hybridized carbons (Fsp3) is 0.395. The zero-order valence-corrected chi connectivity index (χ0v) is 30.8. The normalized spacial score (nSPS) is 27.9. The van der Waals surface area contributed by atoms with Crippen molar-refractivity contribution in [2.24, 2.45) is 17.8 Å². The number of rotatable bonds is 10. The van der Waals surface area contributed by atoms with Crippen molar-refractivity contribution in [2.45, 2.75) is 86.5 Å². The zero-order chi connectivity index (χ0) is 35.1. The third kappa shape index (κ3) is 7.39. The maximum atomic E-state index is 13.1. The molecule has 1 aromatic heterocycles. The molecule has 1 aliphatic heterocycles. The summed E-state index contributed by atoms with van der Waals surface area (Å²) in [7, 11) is 0. The monoisotopic (exact) mass is 731 g/mol. The number of hydrogen-bond donors (Lipinski definition) is 3. The Bertz CT molecular complexity index is 1960. The van der Waals surface area contributed by atoms with Crippen molar-refractivity contribution in [3.05, 3.63) is 119 Å². The number of thioether (sulfide) groups is 1. The van der Waals surface area contributed by atoms with Gasteiger partial charge in [-0.15, -0.1) is 11.3 Å². The van der Waals surface area contributed by atoms with Crippen molar-refractivity contribution in [2.75, 3.05) is 5.75 Å². The molecule has 3 unspecified atom stereocenters. The molecule has 7 nitrogen and oxygen atoms in total. The van der Waals surface area contributed by atoms with Crippen molar-refractivity contribution in [1.82, 2.24) is 15.6 Å². The number of urea groups is 1. The summed E-state index contributed by atoms with van der Waals surface area (Å²) in [6.07, 6.45) is 7.57. The van der Waals surface area contributed by atoms with Crippen molar-refractivity contribution in [3.63, 3.8) is 0 Å². The van der Waals surface area contributed by atoms with Crippen LogP contribution in [0, 0.1) is 17.8 Å². The number of aromatic nitrogens is 1. The van der Waals surface area contributed by atoms with Crippen LogP contribution in [0.3, 0.4) is 0 Å². The Morgan fingerprint density at radius 1 is 0.808 bits per heavy atom. The van der Waals surface area contributed by atoms with Gasteiger partial charge in [-0.2, -0.15) is 0 Å². The molecule has 3 N–H and O–H groups in total. The predicted octanol–water partition coefficient (Wildman–Crippen LogP) is 9.56. The second-order valence-electron chi connectivity index (χ2n) is 15.4. The Kier molecular flexibility index (Phi) is 9.56. The van der Waals surface area contributed by atoms with E-state index in [-0.39, 0.29) is 30.4 Å². The lowest BCUT2D eigenvalue weighted by molar-refractivity contribution is -0.245. The van der Waals surface area contributed by atoms with Crippen LogP contribution in [0.4, 0.5) is 4.79 Å². The van der Waals surface area contributed by atoms with Crippen LogP contribution in [-0.4, -0.2) is 33.5 Å². The molecule has 3 atom stereocenters. The number of carbonyl (C=O) groups excluding carboxylic acids is 1. The molecule has 2 amide bonds. The van der Waals surface area contributed by atoms with Crippen LogP contribution in [0.1, 0.15) is 79.6 Å². The number of aliphatic hydroxyl groups is 1. The molecular weight excluding hydrogens is 687 g/mol. The smallest absolute Gasteiger partial charge is 0.315 e. The van der Waals surface area contributed by atoms with Crippen LogP contribution in [0.2, 0.25) is 0 Å². The standard InChI is InChI=1S/C43H45N3O4S2/c47-25-27-8-10-33(11-9-27)38-20-36(26-51-42-45-37-6-1-2-7-39(37)52-42)49-40(50-38)34-14-12-32(13-15-34)35-5-3-4-28(19-35)24-44-41(48)46-43-21-29-16-30(22-43)18-31(17-29)23-43/h1-15,19,29-31,36,38,40,47H,16-18,20-26H2,(H2,44,46,48). The van der Waals surface area contributed by atoms with Gasteiger partial charge in [-0.3, -0.25) is 0 Å². The lowest BCUT2D eigenvalue weighted by Gasteiger charge is -2.56. The number of nitrogens with one attached hydrogen (secondary N) is 2. The van der Waals surface area contributed by atoms with Gasteiger partial charge in [0.05, 0.1) is 29.0 Å². The number of ether oxygens (including phenoxy) is 2. The maximum absolute atomic E-state index is 13.1. The summed E-state index contributed by atoms with van der Waals surface area (Å²) < 4.78 is 15.5. The highest BCUT2D eigenvalue weighted by Crippen LogP contribution is 2.55. The summed E-state index contributed by atoms with van der Waals surface area (Å²) in [5.74, 6) is 3.16. The van der Waals surface area contributed by atoms with E-state index in [4.69, 9.17) is 14.5 Å². The Balaban J connectivity index is 0.861. The lowest BCUT2D eigenvalue weighted by Crippen LogP contribution is -2.61. The highest BCUT2D eigenvalue weighted by molar-refractivity contribution is 8.01. The molecule has 268 valence electrons. The zero-order valence-electron chi connectivity index (χ0n) is 29.2. The summed E-state index contributed by atoms with van der Waals surface area (Å²) >= 11 is 3.46. The van der Waals surface area contributed by atoms with Gasteiger partial charge in [0.25, 0.3) is 0 Å². The molecule has 4 saturated carbocycles. The predicted molar refractivity (Wildman–Crippen MR) is 207 cm³/mol. The molecule has 5 fully saturated rings. The number of hydrogen-bond acceptors (Lipinski definition) is 7. The minimum atomic E-state index is -0.519. The van der Waals surface area contributed by atoms with E-state index < -0.39 is 6.29 Å². The largest absolute Gasteiger partial charge is 0.392 e. The van der Waals surface area contributed by atoms with E-state index in [1.165, 1.54) is 24.0 Å². The van der Waals surface area contributed by atoms with Crippen LogP contribution >= 0.6 is 23.1 Å². The van der Waals surface area contributed by atoms with Gasteiger partial charge in [-0.1, -0.05) is 90.6 Å². The maximum Gasteiger partial charge on any atom is 0.315 e. The van der Waals surface area contributed by atoms with Crippen LogP contribution in [0.25, 0.3) is 21.3 Å². The molecular formula is C43H45N3O4S2. The Morgan fingerprint density at radius 2 is 1.54 bits per heavy atom. The van der Waals surface area contributed by atoms with E-state index in [0.29, 0.717) is 6.54 Å².